The lowest BCUT2D eigenvalue weighted by atomic mass is 9.92. The normalized spacial score (nSPS) is 17.3. The van der Waals surface area contributed by atoms with Crippen LogP contribution in [0.5, 0.6) is 11.5 Å². The SMILES string of the molecule is CC(C)Oc1ccc(C2(C)CN(CCCCCCOc3c(Cc4ccccc4)cnc4c(C(F)(F)F)cccc34)CN2)cc1F. The minimum absolute atomic E-state index is 0.0910. The molecule has 4 aromatic rings. The molecule has 0 spiro atoms. The van der Waals surface area contributed by atoms with Gasteiger partial charge in [0.15, 0.2) is 11.6 Å². The summed E-state index contributed by atoms with van der Waals surface area (Å²) in [5.74, 6) is 0.391. The number of aromatic nitrogens is 1. The van der Waals surface area contributed by atoms with E-state index in [9.17, 15) is 17.6 Å². The van der Waals surface area contributed by atoms with E-state index in [1.807, 2.05) is 50.2 Å². The van der Waals surface area contributed by atoms with Crippen LogP contribution in [-0.2, 0) is 18.1 Å². The molecule has 1 atom stereocenters. The van der Waals surface area contributed by atoms with E-state index in [2.05, 4.69) is 22.1 Å². The van der Waals surface area contributed by atoms with Crippen LogP contribution in [-0.4, -0.2) is 42.4 Å². The summed E-state index contributed by atoms with van der Waals surface area (Å²) in [6.45, 7) is 8.66. The van der Waals surface area contributed by atoms with Crippen molar-refractivity contribution in [3.8, 4) is 11.5 Å². The van der Waals surface area contributed by atoms with Crippen LogP contribution in [0.3, 0.4) is 0 Å². The second-order valence-electron chi connectivity index (χ2n) is 12.3. The van der Waals surface area contributed by atoms with E-state index in [1.54, 1.807) is 18.2 Å². The Labute approximate surface area is 262 Å². The van der Waals surface area contributed by atoms with Crippen LogP contribution in [0.15, 0.2) is 72.9 Å². The molecule has 1 saturated heterocycles. The van der Waals surface area contributed by atoms with E-state index in [1.165, 1.54) is 12.3 Å². The summed E-state index contributed by atoms with van der Waals surface area (Å²) in [6.07, 6.45) is 1.15. The van der Waals surface area contributed by atoms with Crippen LogP contribution in [0.2, 0.25) is 0 Å². The van der Waals surface area contributed by atoms with E-state index in [0.29, 0.717) is 24.2 Å². The Bertz CT molecular complexity index is 1580. The van der Waals surface area contributed by atoms with Crippen molar-refractivity contribution in [2.45, 2.75) is 70.7 Å². The molecular formula is C36H41F4N3O2. The number of para-hydroxylation sites is 1. The average molecular weight is 624 g/mol. The van der Waals surface area contributed by atoms with Gasteiger partial charge in [-0.3, -0.25) is 15.2 Å². The van der Waals surface area contributed by atoms with Crippen molar-refractivity contribution in [3.05, 3.63) is 101 Å². The quantitative estimate of drug-likeness (QED) is 0.120. The second-order valence-corrected chi connectivity index (χ2v) is 12.3. The van der Waals surface area contributed by atoms with Crippen molar-refractivity contribution in [1.82, 2.24) is 15.2 Å². The highest BCUT2D eigenvalue weighted by atomic mass is 19.4. The van der Waals surface area contributed by atoms with Gasteiger partial charge < -0.3 is 9.47 Å². The highest BCUT2D eigenvalue weighted by Gasteiger charge is 2.35. The summed E-state index contributed by atoms with van der Waals surface area (Å²) in [5, 5.41) is 3.92. The molecule has 1 N–H and O–H groups in total. The maximum absolute atomic E-state index is 14.6. The zero-order valence-corrected chi connectivity index (χ0v) is 26.1. The third kappa shape index (κ3) is 8.13. The predicted octanol–water partition coefficient (Wildman–Crippen LogP) is 8.49. The molecule has 1 aliphatic rings. The van der Waals surface area contributed by atoms with Crippen molar-refractivity contribution in [1.29, 1.82) is 0 Å². The lowest BCUT2D eigenvalue weighted by molar-refractivity contribution is -0.136. The van der Waals surface area contributed by atoms with Crippen LogP contribution in [0.1, 0.15) is 68.7 Å². The lowest BCUT2D eigenvalue weighted by Gasteiger charge is -2.26. The van der Waals surface area contributed by atoms with Gasteiger partial charge in [-0.25, -0.2) is 4.39 Å². The third-order valence-electron chi connectivity index (χ3n) is 8.24. The molecule has 1 fully saturated rings. The number of ether oxygens (including phenoxy) is 2. The van der Waals surface area contributed by atoms with Crippen LogP contribution in [0.25, 0.3) is 10.9 Å². The van der Waals surface area contributed by atoms with Crippen molar-refractivity contribution in [2.24, 2.45) is 0 Å². The standard InChI is InChI=1S/C36H41F4N3O2/c1-25(2)45-32-17-16-28(21-31(32)37)35(3)23-43(24-42-35)18-9-4-5-10-19-44-34-27(20-26-12-7-6-8-13-26)22-41-33-29(34)14-11-15-30(33)36(38,39)40/h6-8,11-17,21-22,25,42H,4-5,9-10,18-20,23-24H2,1-3H3. The minimum atomic E-state index is -4.50. The molecule has 240 valence electrons. The molecule has 1 unspecified atom stereocenters. The van der Waals surface area contributed by atoms with Crippen LogP contribution in [0.4, 0.5) is 17.6 Å². The van der Waals surface area contributed by atoms with Gasteiger partial charge in [0.25, 0.3) is 0 Å². The molecule has 2 heterocycles. The number of rotatable bonds is 13. The summed E-state index contributed by atoms with van der Waals surface area (Å²) in [5.41, 5.74) is 1.50. The number of hydrogen-bond donors (Lipinski definition) is 1. The van der Waals surface area contributed by atoms with E-state index in [4.69, 9.17) is 9.47 Å². The number of pyridine rings is 1. The van der Waals surface area contributed by atoms with Gasteiger partial charge in [-0.2, -0.15) is 13.2 Å². The molecule has 3 aromatic carbocycles. The molecule has 45 heavy (non-hydrogen) atoms. The highest BCUT2D eigenvalue weighted by Crippen LogP contribution is 2.38. The fourth-order valence-electron chi connectivity index (χ4n) is 5.94. The molecule has 0 saturated carbocycles. The Balaban J connectivity index is 1.14. The molecular weight excluding hydrogens is 582 g/mol. The number of hydrogen-bond acceptors (Lipinski definition) is 5. The topological polar surface area (TPSA) is 46.6 Å². The van der Waals surface area contributed by atoms with Gasteiger partial charge in [0, 0.05) is 36.8 Å². The third-order valence-corrected chi connectivity index (χ3v) is 8.24. The predicted molar refractivity (Wildman–Crippen MR) is 169 cm³/mol. The van der Waals surface area contributed by atoms with Crippen molar-refractivity contribution in [3.63, 3.8) is 0 Å². The maximum Gasteiger partial charge on any atom is 0.418 e. The number of benzene rings is 3. The van der Waals surface area contributed by atoms with Crippen molar-refractivity contribution in [2.75, 3.05) is 26.4 Å². The summed E-state index contributed by atoms with van der Waals surface area (Å²) >= 11 is 0. The van der Waals surface area contributed by atoms with Gasteiger partial charge in [0.1, 0.15) is 5.75 Å². The summed E-state index contributed by atoms with van der Waals surface area (Å²) < 4.78 is 67.6. The fourth-order valence-corrected chi connectivity index (χ4v) is 5.94. The Morgan fingerprint density at radius 1 is 0.978 bits per heavy atom. The van der Waals surface area contributed by atoms with Crippen molar-refractivity contribution >= 4 is 10.9 Å². The number of halogens is 4. The Hall–Kier alpha value is -3.69. The first kappa shape index (κ1) is 32.7. The summed E-state index contributed by atoms with van der Waals surface area (Å²) in [6, 6.07) is 19.1. The average Bonchev–Trinajstić information content (AvgIpc) is 3.39. The highest BCUT2D eigenvalue weighted by molar-refractivity contribution is 5.89. The molecule has 0 amide bonds. The first-order valence-corrected chi connectivity index (χ1v) is 15.6. The number of alkyl halides is 3. The second kappa shape index (κ2) is 14.2. The first-order chi connectivity index (χ1) is 21.5. The molecule has 1 aromatic heterocycles. The summed E-state index contributed by atoms with van der Waals surface area (Å²) in [4.78, 5) is 6.56. The number of nitrogens with one attached hydrogen (secondary N) is 1. The van der Waals surface area contributed by atoms with Gasteiger partial charge in [0.05, 0.1) is 29.3 Å². The van der Waals surface area contributed by atoms with Crippen LogP contribution < -0.4 is 14.8 Å². The molecule has 5 rings (SSSR count). The van der Waals surface area contributed by atoms with Gasteiger partial charge in [-0.05, 0) is 75.5 Å². The zero-order chi connectivity index (χ0) is 32.0. The van der Waals surface area contributed by atoms with Crippen LogP contribution >= 0.6 is 0 Å². The fraction of sp³-hybridized carbons (Fsp3) is 0.417. The Morgan fingerprint density at radius 3 is 2.49 bits per heavy atom. The van der Waals surface area contributed by atoms with E-state index >= 15 is 0 Å². The van der Waals surface area contributed by atoms with E-state index in [0.717, 1.165) is 68.2 Å². The Kier molecular flexibility index (Phi) is 10.3. The molecule has 5 nitrogen and oxygen atoms in total. The van der Waals surface area contributed by atoms with E-state index < -0.39 is 11.7 Å². The van der Waals surface area contributed by atoms with Crippen LogP contribution in [0, 0.1) is 5.82 Å². The molecule has 0 radical (unpaired) electrons. The van der Waals surface area contributed by atoms with Gasteiger partial charge in [-0.1, -0.05) is 55.3 Å². The number of nitrogens with zero attached hydrogens (tertiary/aromatic N) is 2. The zero-order valence-electron chi connectivity index (χ0n) is 26.1. The summed E-state index contributed by atoms with van der Waals surface area (Å²) in [7, 11) is 0. The largest absolute Gasteiger partial charge is 0.493 e. The van der Waals surface area contributed by atoms with Crippen molar-refractivity contribution < 1.29 is 27.0 Å². The smallest absolute Gasteiger partial charge is 0.418 e. The molecule has 1 aliphatic heterocycles. The molecule has 0 bridgehead atoms. The van der Waals surface area contributed by atoms with Gasteiger partial charge in [-0.15, -0.1) is 0 Å². The molecule has 9 heteroatoms. The number of fused-ring (bicyclic) bond motifs is 1. The Morgan fingerprint density at radius 2 is 1.76 bits per heavy atom. The molecule has 0 aliphatic carbocycles. The lowest BCUT2D eigenvalue weighted by Crippen LogP contribution is -2.36. The van der Waals surface area contributed by atoms with Gasteiger partial charge in [0.2, 0.25) is 0 Å². The van der Waals surface area contributed by atoms with Gasteiger partial charge >= 0.3 is 6.18 Å². The maximum atomic E-state index is 14.6. The first-order valence-electron chi connectivity index (χ1n) is 15.6. The monoisotopic (exact) mass is 623 g/mol. The minimum Gasteiger partial charge on any atom is -0.493 e. The van der Waals surface area contributed by atoms with E-state index in [-0.39, 0.29) is 28.7 Å². The number of unbranched alkanes of at least 4 members (excludes halogenated alkanes) is 3.